The largest absolute Gasteiger partial charge is 0.347 e. The van der Waals surface area contributed by atoms with Crippen molar-refractivity contribution >= 4 is 11.8 Å². The lowest BCUT2D eigenvalue weighted by Gasteiger charge is -2.26. The first-order valence-electron chi connectivity index (χ1n) is 12.1. The van der Waals surface area contributed by atoms with Crippen molar-refractivity contribution in [2.24, 2.45) is 5.73 Å². The molecule has 1 aliphatic heterocycles. The Morgan fingerprint density at radius 2 is 1.76 bits per heavy atom. The average molecular weight is 454 g/mol. The lowest BCUT2D eigenvalue weighted by Crippen LogP contribution is -2.46. The predicted octanol–water partition coefficient (Wildman–Crippen LogP) is 4.51. The number of fused-ring (bicyclic) bond motifs is 1. The number of benzene rings is 3. The fraction of sp³-hybridized carbons (Fsp3) is 0.310. The van der Waals surface area contributed by atoms with E-state index in [2.05, 4.69) is 29.6 Å². The number of likely N-dealkylation sites (tertiary alicyclic amines) is 1. The maximum absolute atomic E-state index is 13.7. The van der Waals surface area contributed by atoms with Crippen LogP contribution in [0.15, 0.2) is 78.9 Å². The van der Waals surface area contributed by atoms with Gasteiger partial charge < -0.3 is 16.0 Å². The Bertz CT molecular complexity index is 1190. The van der Waals surface area contributed by atoms with Gasteiger partial charge in [0.1, 0.15) is 6.04 Å². The molecule has 3 aromatic rings. The number of nitrogens with one attached hydrogen (secondary N) is 1. The zero-order chi connectivity index (χ0) is 23.7. The summed E-state index contributed by atoms with van der Waals surface area (Å²) < 4.78 is 0. The van der Waals surface area contributed by atoms with Crippen molar-refractivity contribution in [2.75, 3.05) is 6.54 Å². The first-order chi connectivity index (χ1) is 16.5. The van der Waals surface area contributed by atoms with Crippen LogP contribution in [-0.2, 0) is 11.2 Å². The van der Waals surface area contributed by atoms with Crippen LogP contribution in [0.3, 0.4) is 0 Å². The highest BCUT2D eigenvalue weighted by Gasteiger charge is 2.41. The van der Waals surface area contributed by atoms with Crippen molar-refractivity contribution in [2.45, 2.75) is 50.2 Å². The molecule has 3 aromatic carbocycles. The minimum atomic E-state index is -0.510. The van der Waals surface area contributed by atoms with Crippen LogP contribution in [0.25, 0.3) is 0 Å². The molecule has 5 heteroatoms. The van der Waals surface area contributed by atoms with Crippen LogP contribution in [0.4, 0.5) is 0 Å². The molecule has 5 rings (SSSR count). The van der Waals surface area contributed by atoms with Crippen LogP contribution in [0.1, 0.15) is 70.4 Å². The first-order valence-corrected chi connectivity index (χ1v) is 12.1. The number of amides is 2. The van der Waals surface area contributed by atoms with Gasteiger partial charge in [-0.25, -0.2) is 0 Å². The summed E-state index contributed by atoms with van der Waals surface area (Å²) in [6, 6.07) is 25.2. The third-order valence-corrected chi connectivity index (χ3v) is 7.24. The molecule has 1 saturated heterocycles. The highest BCUT2D eigenvalue weighted by molar-refractivity contribution is 5.98. The molecule has 0 bridgehead atoms. The third-order valence-electron chi connectivity index (χ3n) is 7.24. The van der Waals surface area contributed by atoms with E-state index < -0.39 is 6.04 Å². The van der Waals surface area contributed by atoms with Crippen molar-refractivity contribution in [1.29, 1.82) is 0 Å². The van der Waals surface area contributed by atoms with Gasteiger partial charge in [-0.3, -0.25) is 9.59 Å². The molecule has 174 valence electrons. The fourth-order valence-corrected chi connectivity index (χ4v) is 5.37. The molecule has 2 aliphatic rings. The van der Waals surface area contributed by atoms with Gasteiger partial charge in [0.2, 0.25) is 5.91 Å². The lowest BCUT2D eigenvalue weighted by atomic mass is 9.96. The number of rotatable bonds is 5. The van der Waals surface area contributed by atoms with Gasteiger partial charge in [0.15, 0.2) is 0 Å². The number of hydrogen-bond acceptors (Lipinski definition) is 3. The molecule has 0 saturated carbocycles. The van der Waals surface area contributed by atoms with Crippen LogP contribution >= 0.6 is 0 Å². The van der Waals surface area contributed by atoms with Gasteiger partial charge in [0.05, 0.1) is 6.04 Å². The molecule has 34 heavy (non-hydrogen) atoms. The average Bonchev–Trinajstić information content (AvgIpc) is 3.49. The Morgan fingerprint density at radius 3 is 2.56 bits per heavy atom. The van der Waals surface area contributed by atoms with Gasteiger partial charge in [-0.05, 0) is 60.6 Å². The summed E-state index contributed by atoms with van der Waals surface area (Å²) in [5.74, 6) is -0.0712. The summed E-state index contributed by atoms with van der Waals surface area (Å²) in [6.07, 6.45) is 2.47. The number of nitrogens with zero attached hydrogens (tertiary/aromatic N) is 1. The quantitative estimate of drug-likeness (QED) is 0.597. The van der Waals surface area contributed by atoms with E-state index in [1.54, 1.807) is 4.90 Å². The number of aryl methyl sites for hydroxylation is 1. The number of carbonyl (C=O) groups excluding carboxylic acids is 2. The molecule has 0 spiro atoms. The Hall–Kier alpha value is -3.44. The Balaban J connectivity index is 1.41. The molecule has 0 aromatic heterocycles. The summed E-state index contributed by atoms with van der Waals surface area (Å²) >= 11 is 0. The summed E-state index contributed by atoms with van der Waals surface area (Å²) in [4.78, 5) is 29.0. The highest BCUT2D eigenvalue weighted by atomic mass is 16.2. The molecule has 1 fully saturated rings. The van der Waals surface area contributed by atoms with Crippen LogP contribution < -0.4 is 11.1 Å². The number of carbonyl (C=O) groups is 2. The van der Waals surface area contributed by atoms with Gasteiger partial charge in [-0.2, -0.15) is 0 Å². The van der Waals surface area contributed by atoms with E-state index in [-0.39, 0.29) is 29.8 Å². The SMILES string of the molecule is CC(N)c1cccc(C(=O)N2CC(c3ccccc3)CC2C(=O)NC2CCc3ccccc32)c1. The van der Waals surface area contributed by atoms with E-state index in [0.29, 0.717) is 18.5 Å². The Labute approximate surface area is 201 Å². The van der Waals surface area contributed by atoms with Crippen molar-refractivity contribution in [1.82, 2.24) is 10.2 Å². The van der Waals surface area contributed by atoms with E-state index in [9.17, 15) is 9.59 Å². The van der Waals surface area contributed by atoms with E-state index >= 15 is 0 Å². The van der Waals surface area contributed by atoms with Crippen molar-refractivity contribution in [3.05, 3.63) is 107 Å². The second-order valence-corrected chi connectivity index (χ2v) is 9.53. The molecule has 3 N–H and O–H groups in total. The standard InChI is InChI=1S/C29H31N3O2/c1-19(30)22-11-7-12-23(16-22)29(34)32-18-24(20-8-3-2-4-9-20)17-27(32)28(33)31-26-15-14-21-10-5-6-13-25(21)26/h2-13,16,19,24,26-27H,14-15,17-18,30H2,1H3,(H,31,33). The molecule has 4 unspecified atom stereocenters. The molecular weight excluding hydrogens is 422 g/mol. The van der Waals surface area contributed by atoms with E-state index in [0.717, 1.165) is 24.0 Å². The molecule has 1 heterocycles. The van der Waals surface area contributed by atoms with E-state index in [1.807, 2.05) is 61.5 Å². The van der Waals surface area contributed by atoms with Crippen molar-refractivity contribution in [3.63, 3.8) is 0 Å². The van der Waals surface area contributed by atoms with E-state index in [1.165, 1.54) is 11.1 Å². The zero-order valence-electron chi connectivity index (χ0n) is 19.5. The number of nitrogens with two attached hydrogens (primary N) is 1. The molecule has 5 nitrogen and oxygen atoms in total. The zero-order valence-corrected chi connectivity index (χ0v) is 19.5. The highest BCUT2D eigenvalue weighted by Crippen LogP contribution is 2.35. The minimum Gasteiger partial charge on any atom is -0.347 e. The van der Waals surface area contributed by atoms with Gasteiger partial charge in [-0.1, -0.05) is 66.7 Å². The maximum atomic E-state index is 13.7. The second-order valence-electron chi connectivity index (χ2n) is 9.53. The maximum Gasteiger partial charge on any atom is 0.254 e. The molecule has 1 aliphatic carbocycles. The van der Waals surface area contributed by atoms with Crippen molar-refractivity contribution < 1.29 is 9.59 Å². The normalized spacial score (nSPS) is 22.3. The van der Waals surface area contributed by atoms with Gasteiger partial charge in [0.25, 0.3) is 5.91 Å². The van der Waals surface area contributed by atoms with Crippen molar-refractivity contribution in [3.8, 4) is 0 Å². The lowest BCUT2D eigenvalue weighted by molar-refractivity contribution is -0.125. The second kappa shape index (κ2) is 9.43. The van der Waals surface area contributed by atoms with Crippen LogP contribution in [-0.4, -0.2) is 29.3 Å². The predicted molar refractivity (Wildman–Crippen MR) is 133 cm³/mol. The first kappa shape index (κ1) is 22.4. The minimum absolute atomic E-state index is 0.00200. The summed E-state index contributed by atoms with van der Waals surface area (Å²) in [6.45, 7) is 2.42. The number of hydrogen-bond donors (Lipinski definition) is 2. The van der Waals surface area contributed by atoms with Crippen LogP contribution in [0, 0.1) is 0 Å². The third kappa shape index (κ3) is 4.36. The molecule has 2 amide bonds. The van der Waals surface area contributed by atoms with Gasteiger partial charge in [-0.15, -0.1) is 0 Å². The van der Waals surface area contributed by atoms with Gasteiger partial charge >= 0.3 is 0 Å². The molecule has 0 radical (unpaired) electrons. The topological polar surface area (TPSA) is 75.4 Å². The fourth-order valence-electron chi connectivity index (χ4n) is 5.37. The van der Waals surface area contributed by atoms with E-state index in [4.69, 9.17) is 5.73 Å². The smallest absolute Gasteiger partial charge is 0.254 e. The molecular formula is C29H31N3O2. The van der Waals surface area contributed by atoms with Crippen LogP contribution in [0.2, 0.25) is 0 Å². The Morgan fingerprint density at radius 1 is 1.00 bits per heavy atom. The molecule has 4 atom stereocenters. The van der Waals surface area contributed by atoms with Gasteiger partial charge in [0, 0.05) is 24.1 Å². The summed E-state index contributed by atoms with van der Waals surface area (Å²) in [5, 5.41) is 3.26. The summed E-state index contributed by atoms with van der Waals surface area (Å²) in [5.41, 5.74) is 11.2. The van der Waals surface area contributed by atoms with Crippen LogP contribution in [0.5, 0.6) is 0 Å². The monoisotopic (exact) mass is 453 g/mol. The Kier molecular flexibility index (Phi) is 6.20. The summed E-state index contributed by atoms with van der Waals surface area (Å²) in [7, 11) is 0.